The Hall–Kier alpha value is -4.26. The summed E-state index contributed by atoms with van der Waals surface area (Å²) in [5.74, 6) is -1.11. The van der Waals surface area contributed by atoms with Crippen molar-refractivity contribution in [1.29, 1.82) is 0 Å². The summed E-state index contributed by atoms with van der Waals surface area (Å²) in [4.78, 5) is 27.0. The smallest absolute Gasteiger partial charge is 0.338 e. The fourth-order valence-electron chi connectivity index (χ4n) is 6.07. The van der Waals surface area contributed by atoms with E-state index in [4.69, 9.17) is 18.9 Å². The van der Waals surface area contributed by atoms with Crippen molar-refractivity contribution in [3.05, 3.63) is 143 Å². The van der Waals surface area contributed by atoms with Gasteiger partial charge in [0.05, 0.1) is 11.1 Å². The first kappa shape index (κ1) is 24.1. The largest absolute Gasteiger partial charge is 0.451 e. The Morgan fingerprint density at radius 3 is 1.08 bits per heavy atom. The van der Waals surface area contributed by atoms with E-state index in [0.717, 1.165) is 22.3 Å². The van der Waals surface area contributed by atoms with Gasteiger partial charge in [0, 0.05) is 14.2 Å². The molecule has 0 radical (unpaired) electrons. The summed E-state index contributed by atoms with van der Waals surface area (Å²) in [5, 5.41) is 0. The van der Waals surface area contributed by atoms with Crippen LogP contribution in [0.2, 0.25) is 0 Å². The number of rotatable bonds is 6. The van der Waals surface area contributed by atoms with Gasteiger partial charge in [-0.15, -0.1) is 0 Å². The molecule has 2 bridgehead atoms. The molecule has 0 fully saturated rings. The van der Waals surface area contributed by atoms with E-state index in [1.807, 2.05) is 60.7 Å². The molecule has 190 valence electrons. The summed E-state index contributed by atoms with van der Waals surface area (Å²) < 4.78 is 25.3. The Kier molecular flexibility index (Phi) is 5.86. The number of hydrogen-bond acceptors (Lipinski definition) is 6. The lowest BCUT2D eigenvalue weighted by molar-refractivity contribution is -0.215. The highest BCUT2D eigenvalue weighted by Gasteiger charge is 2.70. The predicted octanol–water partition coefficient (Wildman–Crippen LogP) is 5.24. The van der Waals surface area contributed by atoms with Gasteiger partial charge in [-0.3, -0.25) is 0 Å². The predicted molar refractivity (Wildman–Crippen MR) is 140 cm³/mol. The summed E-state index contributed by atoms with van der Waals surface area (Å²) in [7, 11) is 3.16. The lowest BCUT2D eigenvalue weighted by atomic mass is 9.55. The second-order valence-corrected chi connectivity index (χ2v) is 9.35. The van der Waals surface area contributed by atoms with E-state index in [0.29, 0.717) is 11.1 Å². The molecule has 4 aromatic rings. The van der Waals surface area contributed by atoms with Crippen LogP contribution in [0.3, 0.4) is 0 Å². The molecular formula is C32H26O6. The first-order valence-corrected chi connectivity index (χ1v) is 12.4. The van der Waals surface area contributed by atoms with Crippen molar-refractivity contribution in [1.82, 2.24) is 0 Å². The molecule has 0 saturated heterocycles. The molecule has 0 heterocycles. The number of carbonyl (C=O) groups is 2. The second kappa shape index (κ2) is 9.24. The number of benzene rings is 4. The van der Waals surface area contributed by atoms with Crippen LogP contribution >= 0.6 is 0 Å². The summed E-state index contributed by atoms with van der Waals surface area (Å²) >= 11 is 0. The number of fused-ring (bicyclic) bond motifs is 1. The van der Waals surface area contributed by atoms with Crippen molar-refractivity contribution in [3.8, 4) is 0 Å². The zero-order valence-corrected chi connectivity index (χ0v) is 21.0. The Morgan fingerprint density at radius 2 is 0.789 bits per heavy atom. The van der Waals surface area contributed by atoms with Crippen LogP contribution in [-0.4, -0.2) is 38.4 Å². The molecule has 0 aliphatic heterocycles. The van der Waals surface area contributed by atoms with Crippen molar-refractivity contribution in [2.24, 2.45) is 0 Å². The minimum atomic E-state index is -1.25. The third-order valence-electron chi connectivity index (χ3n) is 7.66. The molecule has 3 aliphatic rings. The fourth-order valence-corrected chi connectivity index (χ4v) is 6.07. The highest BCUT2D eigenvalue weighted by Crippen LogP contribution is 2.61. The van der Waals surface area contributed by atoms with Gasteiger partial charge in [0.1, 0.15) is 0 Å². The van der Waals surface area contributed by atoms with Gasteiger partial charge in [0.15, 0.2) is 23.4 Å². The third-order valence-corrected chi connectivity index (χ3v) is 7.66. The van der Waals surface area contributed by atoms with Crippen LogP contribution in [0.25, 0.3) is 0 Å². The lowest BCUT2D eigenvalue weighted by Crippen LogP contribution is -2.69. The van der Waals surface area contributed by atoms with Crippen molar-refractivity contribution < 1.29 is 28.5 Å². The van der Waals surface area contributed by atoms with E-state index < -0.39 is 35.3 Å². The molecule has 3 aliphatic carbocycles. The van der Waals surface area contributed by atoms with Crippen LogP contribution in [0, 0.1) is 0 Å². The zero-order valence-electron chi connectivity index (χ0n) is 21.0. The van der Waals surface area contributed by atoms with E-state index in [9.17, 15) is 9.59 Å². The number of hydrogen-bond donors (Lipinski definition) is 0. The molecule has 6 nitrogen and oxygen atoms in total. The third kappa shape index (κ3) is 3.27. The van der Waals surface area contributed by atoms with E-state index >= 15 is 0 Å². The molecule has 7 rings (SSSR count). The van der Waals surface area contributed by atoms with Crippen LogP contribution in [0.15, 0.2) is 109 Å². The highest BCUT2D eigenvalue weighted by atomic mass is 16.6. The Balaban J connectivity index is 1.60. The highest BCUT2D eigenvalue weighted by molar-refractivity contribution is 5.91. The molecule has 0 amide bonds. The molecule has 0 saturated carbocycles. The van der Waals surface area contributed by atoms with Gasteiger partial charge in [0.2, 0.25) is 0 Å². The molecule has 4 aromatic carbocycles. The molecule has 0 unspecified atom stereocenters. The van der Waals surface area contributed by atoms with Crippen molar-refractivity contribution in [3.63, 3.8) is 0 Å². The second-order valence-electron chi connectivity index (χ2n) is 9.35. The van der Waals surface area contributed by atoms with E-state index in [2.05, 4.69) is 0 Å². The average Bonchev–Trinajstić information content (AvgIpc) is 2.99. The Labute approximate surface area is 220 Å². The molecule has 2 atom stereocenters. The maximum absolute atomic E-state index is 13.5. The summed E-state index contributed by atoms with van der Waals surface area (Å²) in [6.07, 6.45) is -2.12. The maximum Gasteiger partial charge on any atom is 0.338 e. The number of carbonyl (C=O) groups excluding carboxylic acids is 2. The maximum atomic E-state index is 13.5. The molecule has 0 N–H and O–H groups in total. The Bertz CT molecular complexity index is 1340. The fraction of sp³-hybridized carbons (Fsp3) is 0.188. The van der Waals surface area contributed by atoms with Gasteiger partial charge in [-0.2, -0.15) is 0 Å². The van der Waals surface area contributed by atoms with Gasteiger partial charge < -0.3 is 18.9 Å². The first-order chi connectivity index (χ1) is 18.6. The molecular weight excluding hydrogens is 480 g/mol. The monoisotopic (exact) mass is 506 g/mol. The van der Waals surface area contributed by atoms with Crippen LogP contribution in [-0.2, 0) is 30.1 Å². The van der Waals surface area contributed by atoms with Gasteiger partial charge in [-0.25, -0.2) is 9.59 Å². The Morgan fingerprint density at radius 1 is 0.500 bits per heavy atom. The van der Waals surface area contributed by atoms with Crippen LogP contribution < -0.4 is 0 Å². The van der Waals surface area contributed by atoms with Crippen LogP contribution in [0.5, 0.6) is 0 Å². The minimum absolute atomic E-state index is 0.376. The number of ether oxygens (including phenoxy) is 4. The quantitative estimate of drug-likeness (QED) is 0.333. The normalized spacial score (nSPS) is 24.7. The SMILES string of the molecule is CO[C@]12c3ccccc3[C@](OC)(c3ccccc31)[C@@H](OC(=O)c1ccccc1)[C@H]2OC(=O)c1ccccc1. The van der Waals surface area contributed by atoms with Gasteiger partial charge >= 0.3 is 11.9 Å². The van der Waals surface area contributed by atoms with Crippen molar-refractivity contribution in [2.45, 2.75) is 23.4 Å². The minimum Gasteiger partial charge on any atom is -0.451 e. The summed E-state index contributed by atoms with van der Waals surface area (Å²) in [5.41, 5.74) is 1.42. The standard InChI is InChI=1S/C32H26O6/c1-35-31-23-17-9-11-19-25(23)32(36-2,26-20-12-10-18-24(26)31)28(38-30(34)22-15-7-4-8-16-22)27(31)37-29(33)21-13-5-3-6-14-21/h3-20,27-28H,1-2H3/t27-,28+,31-,32+. The van der Waals surface area contributed by atoms with Gasteiger partial charge in [0.25, 0.3) is 0 Å². The van der Waals surface area contributed by atoms with Crippen molar-refractivity contribution >= 4 is 11.9 Å². The molecule has 38 heavy (non-hydrogen) atoms. The molecule has 6 heteroatoms. The summed E-state index contributed by atoms with van der Waals surface area (Å²) in [6.45, 7) is 0. The summed E-state index contributed by atoms with van der Waals surface area (Å²) in [6, 6.07) is 32.9. The van der Waals surface area contributed by atoms with E-state index in [1.54, 1.807) is 62.8 Å². The average molecular weight is 507 g/mol. The molecule has 0 aromatic heterocycles. The first-order valence-electron chi connectivity index (χ1n) is 12.4. The number of methoxy groups -OCH3 is 2. The lowest BCUT2D eigenvalue weighted by Gasteiger charge is -2.59. The van der Waals surface area contributed by atoms with E-state index in [-0.39, 0.29) is 0 Å². The topological polar surface area (TPSA) is 71.1 Å². The van der Waals surface area contributed by atoms with Gasteiger partial charge in [-0.05, 0) is 46.5 Å². The van der Waals surface area contributed by atoms with Gasteiger partial charge in [-0.1, -0.05) is 84.9 Å². The van der Waals surface area contributed by atoms with E-state index in [1.165, 1.54) is 0 Å². The van der Waals surface area contributed by atoms with Crippen LogP contribution in [0.1, 0.15) is 43.0 Å². The molecule has 0 spiro atoms. The van der Waals surface area contributed by atoms with Crippen LogP contribution in [0.4, 0.5) is 0 Å². The number of esters is 2. The van der Waals surface area contributed by atoms with Crippen molar-refractivity contribution in [2.75, 3.05) is 14.2 Å². The zero-order chi connectivity index (χ0) is 26.3.